The highest BCUT2D eigenvalue weighted by atomic mass is 16.5. The van der Waals surface area contributed by atoms with Crippen molar-refractivity contribution in [1.82, 2.24) is 4.98 Å². The molecule has 0 radical (unpaired) electrons. The van der Waals surface area contributed by atoms with E-state index < -0.39 is 5.97 Å². The fourth-order valence-electron chi connectivity index (χ4n) is 2.81. The van der Waals surface area contributed by atoms with Crippen LogP contribution in [0.3, 0.4) is 0 Å². The van der Waals surface area contributed by atoms with Gasteiger partial charge in [-0.3, -0.25) is 9.78 Å². The van der Waals surface area contributed by atoms with Crippen LogP contribution in [-0.2, 0) is 9.53 Å². The van der Waals surface area contributed by atoms with Gasteiger partial charge in [0, 0.05) is 36.9 Å². The van der Waals surface area contributed by atoms with Crippen LogP contribution in [0.15, 0.2) is 48.8 Å². The number of nitrogens with one attached hydrogen (secondary N) is 1. The van der Waals surface area contributed by atoms with Gasteiger partial charge in [0.25, 0.3) is 5.91 Å². The second-order valence-corrected chi connectivity index (χ2v) is 5.95. The number of piperidine rings is 1. The Morgan fingerprint density at radius 1 is 1.00 bits per heavy atom. The van der Waals surface area contributed by atoms with Crippen LogP contribution in [0.5, 0.6) is 0 Å². The number of anilines is 2. The number of ether oxygens (including phenoxy) is 1. The van der Waals surface area contributed by atoms with Gasteiger partial charge in [-0.05, 0) is 55.7 Å². The lowest BCUT2D eigenvalue weighted by atomic mass is 10.1. The predicted molar refractivity (Wildman–Crippen MR) is 95.7 cm³/mol. The fraction of sp³-hybridized carbons (Fsp3) is 0.316. The van der Waals surface area contributed by atoms with Crippen molar-refractivity contribution in [1.29, 1.82) is 0 Å². The van der Waals surface area contributed by atoms with Gasteiger partial charge in [-0.25, -0.2) is 4.79 Å². The summed E-state index contributed by atoms with van der Waals surface area (Å²) in [7, 11) is 0. The Labute approximate surface area is 146 Å². The maximum absolute atomic E-state index is 11.9. The summed E-state index contributed by atoms with van der Waals surface area (Å²) in [5, 5.41) is 2.73. The monoisotopic (exact) mass is 339 g/mol. The Hall–Kier alpha value is -2.89. The van der Waals surface area contributed by atoms with Crippen molar-refractivity contribution in [3.05, 3.63) is 54.4 Å². The quantitative estimate of drug-likeness (QED) is 0.848. The van der Waals surface area contributed by atoms with E-state index in [1.807, 2.05) is 24.3 Å². The molecule has 0 atom stereocenters. The predicted octanol–water partition coefficient (Wildman–Crippen LogP) is 2.87. The van der Waals surface area contributed by atoms with Crippen LogP contribution in [0, 0.1) is 0 Å². The van der Waals surface area contributed by atoms with Gasteiger partial charge in [-0.1, -0.05) is 0 Å². The number of esters is 1. The van der Waals surface area contributed by atoms with E-state index in [9.17, 15) is 9.59 Å². The van der Waals surface area contributed by atoms with Crippen molar-refractivity contribution in [2.45, 2.75) is 19.3 Å². The normalized spacial score (nSPS) is 14.0. The van der Waals surface area contributed by atoms with E-state index in [4.69, 9.17) is 4.74 Å². The minimum absolute atomic E-state index is 0.324. The molecule has 1 aliphatic rings. The summed E-state index contributed by atoms with van der Waals surface area (Å²) in [6.45, 7) is 1.84. The summed E-state index contributed by atoms with van der Waals surface area (Å²) in [4.78, 5) is 29.9. The van der Waals surface area contributed by atoms with Crippen LogP contribution in [-0.4, -0.2) is 36.6 Å². The van der Waals surface area contributed by atoms with Gasteiger partial charge in [0.05, 0.1) is 5.56 Å². The number of carbonyl (C=O) groups is 2. The molecule has 6 heteroatoms. The Balaban J connectivity index is 1.48. The first-order valence-electron chi connectivity index (χ1n) is 8.44. The molecule has 1 amide bonds. The van der Waals surface area contributed by atoms with Crippen LogP contribution in [0.25, 0.3) is 0 Å². The average Bonchev–Trinajstić information content (AvgIpc) is 2.68. The molecule has 25 heavy (non-hydrogen) atoms. The SMILES string of the molecule is O=C(COC(=O)c1ccncc1)Nc1ccc(N2CCCCC2)cc1. The van der Waals surface area contributed by atoms with Gasteiger partial charge in [0.1, 0.15) is 0 Å². The molecule has 1 N–H and O–H groups in total. The van der Waals surface area contributed by atoms with Crippen LogP contribution >= 0.6 is 0 Å². The summed E-state index contributed by atoms with van der Waals surface area (Å²) in [5.41, 5.74) is 2.22. The lowest BCUT2D eigenvalue weighted by Crippen LogP contribution is -2.29. The number of hydrogen-bond acceptors (Lipinski definition) is 5. The first kappa shape index (κ1) is 17.0. The summed E-state index contributed by atoms with van der Waals surface area (Å²) in [5.74, 6) is -0.911. The van der Waals surface area contributed by atoms with Crippen molar-refractivity contribution in [2.75, 3.05) is 29.9 Å². The van der Waals surface area contributed by atoms with E-state index in [0.717, 1.165) is 13.1 Å². The highest BCUT2D eigenvalue weighted by Crippen LogP contribution is 2.21. The number of pyridine rings is 1. The number of rotatable bonds is 5. The lowest BCUT2D eigenvalue weighted by molar-refractivity contribution is -0.119. The molecule has 1 aliphatic heterocycles. The Bertz CT molecular complexity index is 710. The number of carbonyl (C=O) groups excluding carboxylic acids is 2. The molecule has 0 aliphatic carbocycles. The van der Waals surface area contributed by atoms with Crippen molar-refractivity contribution < 1.29 is 14.3 Å². The molecular formula is C19H21N3O3. The highest BCUT2D eigenvalue weighted by molar-refractivity contribution is 5.95. The van der Waals surface area contributed by atoms with Crippen molar-refractivity contribution >= 4 is 23.3 Å². The molecule has 2 aromatic rings. The van der Waals surface area contributed by atoms with Crippen molar-refractivity contribution in [3.8, 4) is 0 Å². The Morgan fingerprint density at radius 2 is 1.68 bits per heavy atom. The average molecular weight is 339 g/mol. The molecule has 1 saturated heterocycles. The lowest BCUT2D eigenvalue weighted by Gasteiger charge is -2.28. The molecule has 6 nitrogen and oxygen atoms in total. The van der Waals surface area contributed by atoms with Crippen LogP contribution < -0.4 is 10.2 Å². The standard InChI is InChI=1S/C19H21N3O3/c23-18(14-25-19(24)15-8-10-20-11-9-15)21-16-4-6-17(7-5-16)22-12-2-1-3-13-22/h4-11H,1-3,12-14H2,(H,21,23). The maximum atomic E-state index is 11.9. The third-order valence-electron chi connectivity index (χ3n) is 4.12. The molecule has 0 unspecified atom stereocenters. The van der Waals surface area contributed by atoms with E-state index in [0.29, 0.717) is 11.3 Å². The third kappa shape index (κ3) is 4.79. The summed E-state index contributed by atoms with van der Waals surface area (Å²) >= 11 is 0. The molecule has 1 aromatic carbocycles. The molecule has 0 spiro atoms. The molecule has 0 bridgehead atoms. The number of amides is 1. The van der Waals surface area contributed by atoms with E-state index in [1.54, 1.807) is 12.1 Å². The van der Waals surface area contributed by atoms with E-state index in [2.05, 4.69) is 15.2 Å². The molecule has 1 fully saturated rings. The molecule has 2 heterocycles. The first-order chi connectivity index (χ1) is 12.2. The zero-order valence-corrected chi connectivity index (χ0v) is 14.0. The van der Waals surface area contributed by atoms with Gasteiger partial charge < -0.3 is 15.0 Å². The summed E-state index contributed by atoms with van der Waals surface area (Å²) < 4.78 is 4.99. The largest absolute Gasteiger partial charge is 0.452 e. The molecule has 130 valence electrons. The molecule has 3 rings (SSSR count). The molecule has 0 saturated carbocycles. The molecule has 1 aromatic heterocycles. The van der Waals surface area contributed by atoms with Crippen LogP contribution in [0.1, 0.15) is 29.6 Å². The van der Waals surface area contributed by atoms with Crippen molar-refractivity contribution in [2.24, 2.45) is 0 Å². The van der Waals surface area contributed by atoms with Gasteiger partial charge in [0.15, 0.2) is 6.61 Å². The Morgan fingerprint density at radius 3 is 2.36 bits per heavy atom. The number of aromatic nitrogens is 1. The van der Waals surface area contributed by atoms with Crippen molar-refractivity contribution in [3.63, 3.8) is 0 Å². The smallest absolute Gasteiger partial charge is 0.338 e. The van der Waals surface area contributed by atoms with E-state index in [-0.39, 0.29) is 12.5 Å². The number of nitrogens with zero attached hydrogens (tertiary/aromatic N) is 2. The summed E-state index contributed by atoms with van der Waals surface area (Å²) in [6.07, 6.45) is 6.74. The summed E-state index contributed by atoms with van der Waals surface area (Å²) in [6, 6.07) is 10.8. The van der Waals surface area contributed by atoms with Gasteiger partial charge in [-0.2, -0.15) is 0 Å². The van der Waals surface area contributed by atoms with Gasteiger partial charge in [0.2, 0.25) is 0 Å². The second-order valence-electron chi connectivity index (χ2n) is 5.95. The second kappa shape index (κ2) is 8.28. The zero-order valence-electron chi connectivity index (χ0n) is 14.0. The number of hydrogen-bond donors (Lipinski definition) is 1. The van der Waals surface area contributed by atoms with E-state index in [1.165, 1.54) is 37.3 Å². The first-order valence-corrected chi connectivity index (χ1v) is 8.44. The van der Waals surface area contributed by atoms with Crippen LogP contribution in [0.2, 0.25) is 0 Å². The van der Waals surface area contributed by atoms with Gasteiger partial charge >= 0.3 is 5.97 Å². The van der Waals surface area contributed by atoms with Gasteiger partial charge in [-0.15, -0.1) is 0 Å². The van der Waals surface area contributed by atoms with Crippen LogP contribution in [0.4, 0.5) is 11.4 Å². The highest BCUT2D eigenvalue weighted by Gasteiger charge is 2.12. The van der Waals surface area contributed by atoms with E-state index >= 15 is 0 Å². The molecular weight excluding hydrogens is 318 g/mol. The number of benzene rings is 1. The minimum atomic E-state index is -0.544. The zero-order chi connectivity index (χ0) is 17.5. The maximum Gasteiger partial charge on any atom is 0.338 e. The fourth-order valence-corrected chi connectivity index (χ4v) is 2.81. The topological polar surface area (TPSA) is 71.5 Å². The Kier molecular flexibility index (Phi) is 5.61. The third-order valence-corrected chi connectivity index (χ3v) is 4.12. The minimum Gasteiger partial charge on any atom is -0.452 e.